The number of amides is 2. The SMILES string of the molecule is Cc1cnnc(-c2ccc(Oc3cc(C(N)=O)ccc3CN3CCCC3=O)cc2)c1. The third kappa shape index (κ3) is 4.30. The van der Waals surface area contributed by atoms with Crippen LogP contribution in [0.2, 0.25) is 0 Å². The summed E-state index contributed by atoms with van der Waals surface area (Å²) in [5.74, 6) is 0.713. The van der Waals surface area contributed by atoms with Gasteiger partial charge < -0.3 is 15.4 Å². The van der Waals surface area contributed by atoms with Crippen LogP contribution >= 0.6 is 0 Å². The van der Waals surface area contributed by atoms with Crippen LogP contribution in [-0.4, -0.2) is 33.5 Å². The standard InChI is InChI=1S/C23H22N4O3/c1-15-11-20(26-25-13-15)16-6-8-19(9-7-16)30-21-12-17(23(24)29)4-5-18(21)14-27-10-2-3-22(27)28/h4-9,11-13H,2-3,10,14H2,1H3,(H2,24,29). The van der Waals surface area contributed by atoms with Crippen LogP contribution in [0.5, 0.6) is 11.5 Å². The Kier molecular flexibility index (Phi) is 5.43. The van der Waals surface area contributed by atoms with Crippen molar-refractivity contribution in [1.82, 2.24) is 15.1 Å². The summed E-state index contributed by atoms with van der Waals surface area (Å²) in [5, 5.41) is 8.14. The maximum absolute atomic E-state index is 12.0. The first-order chi connectivity index (χ1) is 14.5. The molecule has 0 aliphatic carbocycles. The van der Waals surface area contributed by atoms with Gasteiger partial charge in [0.25, 0.3) is 0 Å². The summed E-state index contributed by atoms with van der Waals surface area (Å²) >= 11 is 0. The fourth-order valence-corrected chi connectivity index (χ4v) is 3.44. The van der Waals surface area contributed by atoms with Crippen LogP contribution in [0.15, 0.2) is 54.7 Å². The fourth-order valence-electron chi connectivity index (χ4n) is 3.44. The third-order valence-electron chi connectivity index (χ3n) is 5.05. The van der Waals surface area contributed by atoms with E-state index >= 15 is 0 Å². The van der Waals surface area contributed by atoms with E-state index in [9.17, 15) is 9.59 Å². The highest BCUT2D eigenvalue weighted by molar-refractivity contribution is 5.93. The molecule has 30 heavy (non-hydrogen) atoms. The van der Waals surface area contributed by atoms with Crippen molar-refractivity contribution in [2.24, 2.45) is 5.73 Å². The summed E-state index contributed by atoms with van der Waals surface area (Å²) < 4.78 is 6.08. The number of likely N-dealkylation sites (tertiary alicyclic amines) is 1. The molecule has 1 aliphatic heterocycles. The lowest BCUT2D eigenvalue weighted by atomic mass is 10.1. The lowest BCUT2D eigenvalue weighted by Crippen LogP contribution is -2.24. The van der Waals surface area contributed by atoms with E-state index in [1.807, 2.05) is 37.3 Å². The minimum absolute atomic E-state index is 0.128. The molecule has 0 saturated carbocycles. The summed E-state index contributed by atoms with van der Waals surface area (Å²) in [7, 11) is 0. The van der Waals surface area contributed by atoms with Crippen molar-refractivity contribution in [2.45, 2.75) is 26.3 Å². The van der Waals surface area contributed by atoms with Gasteiger partial charge in [0, 0.05) is 36.2 Å². The Bertz CT molecular complexity index is 1100. The van der Waals surface area contributed by atoms with E-state index in [-0.39, 0.29) is 5.91 Å². The molecular formula is C23H22N4O3. The molecule has 0 radical (unpaired) electrons. The van der Waals surface area contributed by atoms with Gasteiger partial charge in [-0.15, -0.1) is 0 Å². The average molecular weight is 402 g/mol. The van der Waals surface area contributed by atoms with Gasteiger partial charge in [0.05, 0.1) is 11.9 Å². The molecule has 1 saturated heterocycles. The van der Waals surface area contributed by atoms with Gasteiger partial charge in [0.2, 0.25) is 11.8 Å². The Morgan fingerprint density at radius 2 is 1.97 bits per heavy atom. The first-order valence-corrected chi connectivity index (χ1v) is 9.78. The topological polar surface area (TPSA) is 98.4 Å². The molecule has 3 aromatic rings. The van der Waals surface area contributed by atoms with Gasteiger partial charge in [0.1, 0.15) is 11.5 Å². The first-order valence-electron chi connectivity index (χ1n) is 9.78. The van der Waals surface area contributed by atoms with Crippen LogP contribution < -0.4 is 10.5 Å². The van der Waals surface area contributed by atoms with Gasteiger partial charge in [-0.1, -0.05) is 6.07 Å². The van der Waals surface area contributed by atoms with Gasteiger partial charge in [0.15, 0.2) is 0 Å². The zero-order valence-corrected chi connectivity index (χ0v) is 16.7. The van der Waals surface area contributed by atoms with Gasteiger partial charge in [-0.3, -0.25) is 9.59 Å². The number of hydrogen-bond acceptors (Lipinski definition) is 5. The molecule has 152 valence electrons. The fraction of sp³-hybridized carbons (Fsp3) is 0.217. The number of nitrogens with zero attached hydrogens (tertiary/aromatic N) is 3. The second kappa shape index (κ2) is 8.32. The maximum Gasteiger partial charge on any atom is 0.248 e. The van der Waals surface area contributed by atoms with Gasteiger partial charge in [-0.2, -0.15) is 10.2 Å². The smallest absolute Gasteiger partial charge is 0.248 e. The van der Waals surface area contributed by atoms with E-state index in [2.05, 4.69) is 10.2 Å². The van der Waals surface area contributed by atoms with Crippen molar-refractivity contribution in [3.63, 3.8) is 0 Å². The Morgan fingerprint density at radius 3 is 2.63 bits per heavy atom. The zero-order valence-electron chi connectivity index (χ0n) is 16.7. The number of primary amides is 1. The Balaban J connectivity index is 1.59. The molecule has 4 rings (SSSR count). The predicted octanol–water partition coefficient (Wildman–Crippen LogP) is 3.47. The molecule has 2 N–H and O–H groups in total. The molecule has 0 bridgehead atoms. The summed E-state index contributed by atoms with van der Waals surface area (Å²) in [6.07, 6.45) is 3.13. The predicted molar refractivity (Wildman–Crippen MR) is 112 cm³/mol. The second-order valence-electron chi connectivity index (χ2n) is 7.35. The Labute approximate surface area is 174 Å². The monoisotopic (exact) mass is 402 g/mol. The van der Waals surface area contributed by atoms with Gasteiger partial charge in [-0.25, -0.2) is 0 Å². The molecule has 1 fully saturated rings. The maximum atomic E-state index is 12.0. The van der Waals surface area contributed by atoms with Crippen molar-refractivity contribution >= 4 is 11.8 Å². The van der Waals surface area contributed by atoms with E-state index in [1.54, 1.807) is 29.3 Å². The normalized spacial score (nSPS) is 13.5. The van der Waals surface area contributed by atoms with Crippen molar-refractivity contribution in [1.29, 1.82) is 0 Å². The van der Waals surface area contributed by atoms with E-state index < -0.39 is 5.91 Å². The largest absolute Gasteiger partial charge is 0.457 e. The quantitative estimate of drug-likeness (QED) is 0.681. The number of aromatic nitrogens is 2. The molecule has 7 heteroatoms. The molecule has 1 aliphatic rings. The number of carbonyl (C=O) groups excluding carboxylic acids is 2. The van der Waals surface area contributed by atoms with Crippen LogP contribution in [0.25, 0.3) is 11.3 Å². The lowest BCUT2D eigenvalue weighted by Gasteiger charge is -2.19. The summed E-state index contributed by atoms with van der Waals surface area (Å²) in [5.41, 5.74) is 9.35. The van der Waals surface area contributed by atoms with Gasteiger partial charge in [-0.05, 0) is 61.4 Å². The Hall–Kier alpha value is -3.74. The molecule has 0 atom stereocenters. The van der Waals surface area contributed by atoms with Crippen molar-refractivity contribution < 1.29 is 14.3 Å². The first kappa shape index (κ1) is 19.6. The second-order valence-corrected chi connectivity index (χ2v) is 7.35. The van der Waals surface area contributed by atoms with Crippen molar-refractivity contribution in [3.05, 3.63) is 71.4 Å². The molecule has 2 heterocycles. The molecule has 2 amide bonds. The number of rotatable bonds is 6. The zero-order chi connectivity index (χ0) is 21.1. The number of nitrogens with two attached hydrogens (primary N) is 1. The third-order valence-corrected chi connectivity index (χ3v) is 5.05. The van der Waals surface area contributed by atoms with Crippen LogP contribution in [0.1, 0.15) is 34.3 Å². The van der Waals surface area contributed by atoms with E-state index in [0.717, 1.165) is 35.3 Å². The molecule has 1 aromatic heterocycles. The lowest BCUT2D eigenvalue weighted by molar-refractivity contribution is -0.128. The van der Waals surface area contributed by atoms with Crippen LogP contribution in [0, 0.1) is 6.92 Å². The van der Waals surface area contributed by atoms with E-state index in [0.29, 0.717) is 30.0 Å². The molecule has 0 spiro atoms. The average Bonchev–Trinajstić information content (AvgIpc) is 3.14. The summed E-state index contributed by atoms with van der Waals surface area (Å²) in [6, 6.07) is 14.5. The van der Waals surface area contributed by atoms with Crippen LogP contribution in [0.4, 0.5) is 0 Å². The molecule has 2 aromatic carbocycles. The highest BCUT2D eigenvalue weighted by Crippen LogP contribution is 2.30. The number of ether oxygens (including phenoxy) is 1. The summed E-state index contributed by atoms with van der Waals surface area (Å²) in [6.45, 7) is 3.13. The van der Waals surface area contributed by atoms with Crippen LogP contribution in [-0.2, 0) is 11.3 Å². The summed E-state index contributed by atoms with van der Waals surface area (Å²) in [4.78, 5) is 25.4. The van der Waals surface area contributed by atoms with Crippen molar-refractivity contribution in [2.75, 3.05) is 6.54 Å². The highest BCUT2D eigenvalue weighted by atomic mass is 16.5. The number of carbonyl (C=O) groups is 2. The van der Waals surface area contributed by atoms with E-state index in [1.165, 1.54) is 0 Å². The Morgan fingerprint density at radius 1 is 1.17 bits per heavy atom. The molecular weight excluding hydrogens is 380 g/mol. The highest BCUT2D eigenvalue weighted by Gasteiger charge is 2.22. The van der Waals surface area contributed by atoms with Crippen molar-refractivity contribution in [3.8, 4) is 22.8 Å². The van der Waals surface area contributed by atoms with Crippen LogP contribution in [0.3, 0.4) is 0 Å². The molecule has 0 unspecified atom stereocenters. The van der Waals surface area contributed by atoms with E-state index in [4.69, 9.17) is 10.5 Å². The number of hydrogen-bond donors (Lipinski definition) is 1. The molecule has 7 nitrogen and oxygen atoms in total. The number of aryl methyl sites for hydroxylation is 1. The van der Waals surface area contributed by atoms with Gasteiger partial charge >= 0.3 is 0 Å². The minimum Gasteiger partial charge on any atom is -0.457 e. The number of benzene rings is 2. The minimum atomic E-state index is -0.531.